The van der Waals surface area contributed by atoms with Gasteiger partial charge in [0.1, 0.15) is 5.82 Å². The first-order chi connectivity index (χ1) is 8.66. The molecule has 0 aromatic carbocycles. The number of nitro groups is 1. The van der Waals surface area contributed by atoms with Crippen LogP contribution in [0, 0.1) is 10.1 Å². The highest BCUT2D eigenvalue weighted by molar-refractivity contribution is 5.77. The van der Waals surface area contributed by atoms with E-state index in [-0.39, 0.29) is 0 Å². The molecule has 1 aliphatic heterocycles. The van der Waals surface area contributed by atoms with Crippen molar-refractivity contribution in [1.29, 1.82) is 0 Å². The minimum atomic E-state index is -0.621. The van der Waals surface area contributed by atoms with E-state index in [9.17, 15) is 14.9 Å². The fourth-order valence-electron chi connectivity index (χ4n) is 1.94. The summed E-state index contributed by atoms with van der Waals surface area (Å²) in [5, 5.41) is 10.3. The molecule has 0 aliphatic carbocycles. The lowest BCUT2D eigenvalue weighted by atomic mass is 10.3. The molecule has 1 aliphatic rings. The van der Waals surface area contributed by atoms with E-state index in [1.165, 1.54) is 4.90 Å². The van der Waals surface area contributed by atoms with E-state index in [4.69, 9.17) is 0 Å². The quantitative estimate of drug-likeness (QED) is 0.557. The molecule has 0 atom stereocenters. The van der Waals surface area contributed by atoms with Crippen molar-refractivity contribution < 1.29 is 9.72 Å². The third-order valence-corrected chi connectivity index (χ3v) is 2.87. The smallest absolute Gasteiger partial charge is 0.294 e. The SMILES string of the molecule is O=C(C[N+](=O)[O-])N1CCN(c2ccccn2)CC1. The first kappa shape index (κ1) is 12.3. The highest BCUT2D eigenvalue weighted by Crippen LogP contribution is 2.12. The van der Waals surface area contributed by atoms with Gasteiger partial charge in [-0.1, -0.05) is 6.07 Å². The normalized spacial score (nSPS) is 15.6. The van der Waals surface area contributed by atoms with Gasteiger partial charge in [0, 0.05) is 37.3 Å². The average Bonchev–Trinajstić information content (AvgIpc) is 2.39. The van der Waals surface area contributed by atoms with Crippen LogP contribution < -0.4 is 4.90 Å². The van der Waals surface area contributed by atoms with E-state index in [2.05, 4.69) is 9.88 Å². The summed E-state index contributed by atoms with van der Waals surface area (Å²) >= 11 is 0. The van der Waals surface area contributed by atoms with Crippen molar-refractivity contribution in [3.05, 3.63) is 34.5 Å². The van der Waals surface area contributed by atoms with Gasteiger partial charge in [0.25, 0.3) is 12.5 Å². The molecule has 1 amide bonds. The molecule has 7 nitrogen and oxygen atoms in total. The zero-order chi connectivity index (χ0) is 13.0. The predicted molar refractivity (Wildman–Crippen MR) is 64.9 cm³/mol. The van der Waals surface area contributed by atoms with E-state index in [1.54, 1.807) is 6.20 Å². The molecule has 1 saturated heterocycles. The molecule has 1 aromatic rings. The van der Waals surface area contributed by atoms with Gasteiger partial charge in [-0.3, -0.25) is 14.9 Å². The Labute approximate surface area is 104 Å². The predicted octanol–water partition coefficient (Wildman–Crippen LogP) is 0.00690. The van der Waals surface area contributed by atoms with Crippen molar-refractivity contribution >= 4 is 11.7 Å². The average molecular weight is 250 g/mol. The molecule has 1 aromatic heterocycles. The van der Waals surface area contributed by atoms with Crippen LogP contribution in [0.25, 0.3) is 0 Å². The standard InChI is InChI=1S/C11H14N4O3/c16-11(9-15(17)18)14-7-5-13(6-8-14)10-3-1-2-4-12-10/h1-4H,5-9H2. The number of pyridine rings is 1. The van der Waals surface area contributed by atoms with Crippen LogP contribution in [0.3, 0.4) is 0 Å². The van der Waals surface area contributed by atoms with Crippen molar-refractivity contribution in [2.24, 2.45) is 0 Å². The second-order valence-electron chi connectivity index (χ2n) is 4.05. The monoisotopic (exact) mass is 250 g/mol. The summed E-state index contributed by atoms with van der Waals surface area (Å²) in [6.45, 7) is 1.69. The molecule has 1 fully saturated rings. The Hall–Kier alpha value is -2.18. The van der Waals surface area contributed by atoms with Gasteiger partial charge in [-0.15, -0.1) is 0 Å². The molecule has 96 valence electrons. The molecule has 0 spiro atoms. The zero-order valence-corrected chi connectivity index (χ0v) is 9.86. The lowest BCUT2D eigenvalue weighted by Gasteiger charge is -2.34. The highest BCUT2D eigenvalue weighted by Gasteiger charge is 2.24. The van der Waals surface area contributed by atoms with Gasteiger partial charge < -0.3 is 9.80 Å². The Kier molecular flexibility index (Phi) is 3.71. The van der Waals surface area contributed by atoms with Crippen molar-refractivity contribution in [3.8, 4) is 0 Å². The maximum Gasteiger partial charge on any atom is 0.294 e. The largest absolute Gasteiger partial charge is 0.353 e. The second kappa shape index (κ2) is 5.44. The fraction of sp³-hybridized carbons (Fsp3) is 0.455. The molecular formula is C11H14N4O3. The van der Waals surface area contributed by atoms with Crippen LogP contribution >= 0.6 is 0 Å². The molecule has 2 rings (SSSR count). The Morgan fingerprint density at radius 2 is 2.06 bits per heavy atom. The van der Waals surface area contributed by atoms with Crippen LogP contribution in [0.2, 0.25) is 0 Å². The molecule has 2 heterocycles. The Morgan fingerprint density at radius 1 is 1.33 bits per heavy atom. The number of hydrogen-bond donors (Lipinski definition) is 0. The summed E-state index contributed by atoms with van der Waals surface area (Å²) in [6, 6.07) is 5.67. The second-order valence-corrected chi connectivity index (χ2v) is 4.05. The van der Waals surface area contributed by atoms with Gasteiger partial charge in [0.05, 0.1) is 0 Å². The number of rotatable bonds is 3. The van der Waals surface area contributed by atoms with Crippen molar-refractivity contribution in [3.63, 3.8) is 0 Å². The summed E-state index contributed by atoms with van der Waals surface area (Å²) in [4.78, 5) is 29.0. The van der Waals surface area contributed by atoms with Crippen LogP contribution in [0.1, 0.15) is 0 Å². The number of carbonyl (C=O) groups is 1. The van der Waals surface area contributed by atoms with Gasteiger partial charge in [-0.2, -0.15) is 0 Å². The molecule has 0 bridgehead atoms. The molecule has 7 heteroatoms. The topological polar surface area (TPSA) is 79.6 Å². The minimum absolute atomic E-state index is 0.416. The molecule has 18 heavy (non-hydrogen) atoms. The Balaban J connectivity index is 1.88. The molecule has 0 saturated carbocycles. The number of amides is 1. The summed E-state index contributed by atoms with van der Waals surface area (Å²) in [6.07, 6.45) is 1.72. The summed E-state index contributed by atoms with van der Waals surface area (Å²) in [5.41, 5.74) is 0. The van der Waals surface area contributed by atoms with Crippen LogP contribution in [0.5, 0.6) is 0 Å². The Morgan fingerprint density at radius 3 is 2.61 bits per heavy atom. The minimum Gasteiger partial charge on any atom is -0.353 e. The van der Waals surface area contributed by atoms with Crippen LogP contribution in [-0.2, 0) is 4.79 Å². The number of carbonyl (C=O) groups excluding carboxylic acids is 1. The van der Waals surface area contributed by atoms with E-state index in [1.807, 2.05) is 18.2 Å². The maximum atomic E-state index is 11.5. The number of nitrogens with zero attached hydrogens (tertiary/aromatic N) is 4. The van der Waals surface area contributed by atoms with Crippen molar-refractivity contribution in [2.75, 3.05) is 37.6 Å². The van der Waals surface area contributed by atoms with Gasteiger partial charge in [-0.25, -0.2) is 4.98 Å². The van der Waals surface area contributed by atoms with Crippen LogP contribution in [-0.4, -0.2) is 53.4 Å². The maximum absolute atomic E-state index is 11.5. The van der Waals surface area contributed by atoms with E-state index in [0.29, 0.717) is 26.2 Å². The molecule has 0 radical (unpaired) electrons. The molecule has 0 N–H and O–H groups in total. The first-order valence-corrected chi connectivity index (χ1v) is 5.72. The van der Waals surface area contributed by atoms with E-state index >= 15 is 0 Å². The van der Waals surface area contributed by atoms with E-state index < -0.39 is 17.4 Å². The zero-order valence-electron chi connectivity index (χ0n) is 9.86. The lowest BCUT2D eigenvalue weighted by Crippen LogP contribution is -2.50. The first-order valence-electron chi connectivity index (χ1n) is 5.72. The van der Waals surface area contributed by atoms with Crippen molar-refractivity contribution in [1.82, 2.24) is 9.88 Å². The van der Waals surface area contributed by atoms with Gasteiger partial charge in [0.15, 0.2) is 0 Å². The summed E-state index contributed by atoms with van der Waals surface area (Å²) < 4.78 is 0. The summed E-state index contributed by atoms with van der Waals surface area (Å²) in [7, 11) is 0. The highest BCUT2D eigenvalue weighted by atomic mass is 16.6. The Bertz CT molecular complexity index is 429. The number of hydrogen-bond acceptors (Lipinski definition) is 5. The van der Waals surface area contributed by atoms with Crippen LogP contribution in [0.15, 0.2) is 24.4 Å². The molecule has 0 unspecified atom stereocenters. The molecular weight excluding hydrogens is 236 g/mol. The van der Waals surface area contributed by atoms with E-state index in [0.717, 1.165) is 5.82 Å². The number of piperazine rings is 1. The van der Waals surface area contributed by atoms with Gasteiger partial charge >= 0.3 is 0 Å². The third kappa shape index (κ3) is 2.93. The number of anilines is 1. The van der Waals surface area contributed by atoms with Crippen molar-refractivity contribution in [2.45, 2.75) is 0 Å². The fourth-order valence-corrected chi connectivity index (χ4v) is 1.94. The third-order valence-electron chi connectivity index (χ3n) is 2.87. The summed E-state index contributed by atoms with van der Waals surface area (Å²) in [5.74, 6) is 0.458. The van der Waals surface area contributed by atoms with Gasteiger partial charge in [0.2, 0.25) is 0 Å². The number of aromatic nitrogens is 1. The van der Waals surface area contributed by atoms with Crippen LogP contribution in [0.4, 0.5) is 5.82 Å². The lowest BCUT2D eigenvalue weighted by molar-refractivity contribution is -0.468. The van der Waals surface area contributed by atoms with Gasteiger partial charge in [-0.05, 0) is 12.1 Å².